The van der Waals surface area contributed by atoms with Gasteiger partial charge in [-0.15, -0.1) is 0 Å². The number of fused-ring (bicyclic) bond motifs is 5. The monoisotopic (exact) mass is 614 g/mol. The SMILES string of the molecule is N#Cc1cc2c(-c3cccc(-c4cc(F)c(F)c(F)c4)c3)nc3ccccc3c2c2nc(-c3ccccc3)c(-c3ccccc3)nc12. The maximum atomic E-state index is 14.2. The third-order valence-electron chi connectivity index (χ3n) is 8.27. The number of halogens is 3. The number of benzene rings is 6. The standard InChI is InChI=1S/C40H21F3N4/c41-31-20-27(21-32(42)35(31)43)25-14-9-15-26(18-25)36-30-19-28(22-44)39-40(34(30)29-16-7-8-17-33(29)45-36)47-38(24-12-5-2-6-13-24)37(46-39)23-10-3-1-4-11-23/h1-21H. The highest BCUT2D eigenvalue weighted by molar-refractivity contribution is 6.22. The topological polar surface area (TPSA) is 62.5 Å². The van der Waals surface area contributed by atoms with Gasteiger partial charge in [0.05, 0.1) is 33.7 Å². The summed E-state index contributed by atoms with van der Waals surface area (Å²) in [5.41, 5.74) is 6.97. The summed E-state index contributed by atoms with van der Waals surface area (Å²) in [6, 6.07) is 40.3. The Morgan fingerprint density at radius 2 is 1.04 bits per heavy atom. The van der Waals surface area contributed by atoms with Gasteiger partial charge in [-0.2, -0.15) is 5.26 Å². The summed E-state index contributed by atoms with van der Waals surface area (Å²) < 4.78 is 42.1. The molecule has 0 aliphatic carbocycles. The number of hydrogen-bond donors (Lipinski definition) is 0. The van der Waals surface area contributed by atoms with Crippen LogP contribution in [0.1, 0.15) is 5.56 Å². The first kappa shape index (κ1) is 28.1. The number of pyridine rings is 1. The molecule has 8 rings (SSSR count). The maximum Gasteiger partial charge on any atom is 0.194 e. The van der Waals surface area contributed by atoms with E-state index in [9.17, 15) is 18.4 Å². The zero-order chi connectivity index (χ0) is 32.1. The van der Waals surface area contributed by atoms with Crippen molar-refractivity contribution >= 4 is 32.7 Å². The van der Waals surface area contributed by atoms with E-state index in [1.165, 1.54) is 0 Å². The van der Waals surface area contributed by atoms with Crippen molar-refractivity contribution in [3.8, 4) is 51.0 Å². The van der Waals surface area contributed by atoms with E-state index in [4.69, 9.17) is 15.0 Å². The number of rotatable bonds is 4. The Morgan fingerprint density at radius 1 is 0.468 bits per heavy atom. The molecular formula is C40H21F3N4. The second-order valence-electron chi connectivity index (χ2n) is 11.1. The van der Waals surface area contributed by atoms with Gasteiger partial charge in [-0.05, 0) is 41.5 Å². The predicted octanol–water partition coefficient (Wildman–Crippen LogP) is 10.3. The number of hydrogen-bond acceptors (Lipinski definition) is 4. The zero-order valence-electron chi connectivity index (χ0n) is 24.5. The van der Waals surface area contributed by atoms with Gasteiger partial charge in [0, 0.05) is 32.8 Å². The Bertz CT molecular complexity index is 2540. The van der Waals surface area contributed by atoms with Crippen LogP contribution in [0.2, 0.25) is 0 Å². The Hall–Kier alpha value is -6.39. The fraction of sp³-hybridized carbons (Fsp3) is 0. The van der Waals surface area contributed by atoms with Gasteiger partial charge in [-0.1, -0.05) is 97.1 Å². The molecule has 0 aliphatic heterocycles. The average Bonchev–Trinajstić information content (AvgIpc) is 3.13. The molecule has 6 aromatic carbocycles. The summed E-state index contributed by atoms with van der Waals surface area (Å²) in [5.74, 6) is -4.06. The zero-order valence-corrected chi connectivity index (χ0v) is 24.5. The summed E-state index contributed by atoms with van der Waals surface area (Å²) in [5, 5.41) is 12.7. The van der Waals surface area contributed by atoms with E-state index in [-0.39, 0.29) is 5.56 Å². The van der Waals surface area contributed by atoms with E-state index < -0.39 is 17.5 Å². The maximum absolute atomic E-state index is 14.2. The van der Waals surface area contributed by atoms with Crippen molar-refractivity contribution < 1.29 is 13.2 Å². The highest BCUT2D eigenvalue weighted by Gasteiger charge is 2.21. The van der Waals surface area contributed by atoms with Gasteiger partial charge in [0.1, 0.15) is 11.6 Å². The number of nitrogens with zero attached hydrogens (tertiary/aromatic N) is 4. The van der Waals surface area contributed by atoms with Gasteiger partial charge in [0.2, 0.25) is 0 Å². The van der Waals surface area contributed by atoms with Crippen molar-refractivity contribution in [3.05, 3.63) is 150 Å². The molecule has 0 bridgehead atoms. The van der Waals surface area contributed by atoms with Crippen LogP contribution in [0.4, 0.5) is 13.2 Å². The smallest absolute Gasteiger partial charge is 0.194 e. The molecule has 0 spiro atoms. The molecule has 7 heteroatoms. The van der Waals surface area contributed by atoms with Crippen LogP contribution in [-0.4, -0.2) is 15.0 Å². The molecule has 0 saturated carbocycles. The van der Waals surface area contributed by atoms with E-state index in [1.54, 1.807) is 24.3 Å². The lowest BCUT2D eigenvalue weighted by atomic mass is 9.94. The molecule has 0 atom stereocenters. The van der Waals surface area contributed by atoms with Crippen LogP contribution in [0.3, 0.4) is 0 Å². The van der Waals surface area contributed by atoms with Crippen LogP contribution in [0, 0.1) is 28.8 Å². The Kier molecular flexibility index (Phi) is 6.70. The van der Waals surface area contributed by atoms with E-state index in [1.807, 2.05) is 91.0 Å². The second kappa shape index (κ2) is 11.2. The average molecular weight is 615 g/mol. The third kappa shape index (κ3) is 4.75. The Balaban J connectivity index is 1.48. The quantitative estimate of drug-likeness (QED) is 0.146. The minimum absolute atomic E-state index is 0.184. The molecular weight excluding hydrogens is 593 g/mol. The molecule has 0 aliphatic rings. The summed E-state index contributed by atoms with van der Waals surface area (Å²) in [6.45, 7) is 0. The van der Waals surface area contributed by atoms with Crippen molar-refractivity contribution in [1.29, 1.82) is 5.26 Å². The van der Waals surface area contributed by atoms with Crippen molar-refractivity contribution in [3.63, 3.8) is 0 Å². The van der Waals surface area contributed by atoms with Gasteiger partial charge in [0.25, 0.3) is 0 Å². The van der Waals surface area contributed by atoms with Gasteiger partial charge in [0.15, 0.2) is 17.5 Å². The first-order chi connectivity index (χ1) is 23.0. The van der Waals surface area contributed by atoms with Gasteiger partial charge in [-0.25, -0.2) is 28.1 Å². The van der Waals surface area contributed by atoms with Gasteiger partial charge < -0.3 is 0 Å². The lowest BCUT2D eigenvalue weighted by Crippen LogP contribution is -2.00. The third-order valence-corrected chi connectivity index (χ3v) is 8.27. The van der Waals surface area contributed by atoms with Crippen LogP contribution in [0.5, 0.6) is 0 Å². The largest absolute Gasteiger partial charge is 0.247 e. The van der Waals surface area contributed by atoms with Gasteiger partial charge in [-0.3, -0.25) is 0 Å². The second-order valence-corrected chi connectivity index (χ2v) is 11.1. The molecule has 0 saturated heterocycles. The van der Waals surface area contributed by atoms with E-state index in [0.717, 1.165) is 34.0 Å². The van der Waals surface area contributed by atoms with Crippen molar-refractivity contribution in [2.24, 2.45) is 0 Å². The molecule has 0 N–H and O–H groups in total. The van der Waals surface area contributed by atoms with Crippen molar-refractivity contribution in [2.75, 3.05) is 0 Å². The van der Waals surface area contributed by atoms with Crippen LogP contribution in [-0.2, 0) is 0 Å². The fourth-order valence-corrected chi connectivity index (χ4v) is 6.10. The lowest BCUT2D eigenvalue weighted by Gasteiger charge is -2.16. The minimum atomic E-state index is -1.52. The number of nitriles is 1. The summed E-state index contributed by atoms with van der Waals surface area (Å²) in [7, 11) is 0. The highest BCUT2D eigenvalue weighted by Crippen LogP contribution is 2.41. The molecule has 2 heterocycles. The summed E-state index contributed by atoms with van der Waals surface area (Å²) in [6.07, 6.45) is 0. The number of para-hydroxylation sites is 1. The molecule has 0 unspecified atom stereocenters. The first-order valence-electron chi connectivity index (χ1n) is 14.8. The lowest BCUT2D eigenvalue weighted by molar-refractivity contribution is 0.448. The van der Waals surface area contributed by atoms with Crippen LogP contribution in [0.25, 0.3) is 77.6 Å². The Morgan fingerprint density at radius 3 is 1.70 bits per heavy atom. The van der Waals surface area contributed by atoms with Crippen LogP contribution >= 0.6 is 0 Å². The summed E-state index contributed by atoms with van der Waals surface area (Å²) in [4.78, 5) is 15.4. The van der Waals surface area contributed by atoms with E-state index in [0.29, 0.717) is 55.7 Å². The van der Waals surface area contributed by atoms with Crippen molar-refractivity contribution in [1.82, 2.24) is 15.0 Å². The first-order valence-corrected chi connectivity index (χ1v) is 14.8. The van der Waals surface area contributed by atoms with E-state index >= 15 is 0 Å². The van der Waals surface area contributed by atoms with Crippen LogP contribution in [0.15, 0.2) is 127 Å². The summed E-state index contributed by atoms with van der Waals surface area (Å²) >= 11 is 0. The molecule has 0 fully saturated rings. The normalized spacial score (nSPS) is 11.3. The molecule has 2 aromatic heterocycles. The minimum Gasteiger partial charge on any atom is -0.247 e. The van der Waals surface area contributed by atoms with Crippen molar-refractivity contribution in [2.45, 2.75) is 0 Å². The van der Waals surface area contributed by atoms with Crippen LogP contribution < -0.4 is 0 Å². The van der Waals surface area contributed by atoms with Gasteiger partial charge >= 0.3 is 0 Å². The molecule has 222 valence electrons. The molecule has 4 nitrogen and oxygen atoms in total. The molecule has 0 radical (unpaired) electrons. The molecule has 0 amide bonds. The molecule has 8 aromatic rings. The Labute approximate surface area is 267 Å². The predicted molar refractivity (Wildman–Crippen MR) is 179 cm³/mol. The fourth-order valence-electron chi connectivity index (χ4n) is 6.10. The highest BCUT2D eigenvalue weighted by atomic mass is 19.2. The number of aromatic nitrogens is 3. The molecule has 47 heavy (non-hydrogen) atoms. The van der Waals surface area contributed by atoms with E-state index in [2.05, 4.69) is 6.07 Å².